The number of carbonyl (C=O) groups excluding carboxylic acids is 2. The van der Waals surface area contributed by atoms with Crippen molar-refractivity contribution in [2.45, 2.75) is 13.0 Å². The molecule has 1 atom stereocenters. The molecule has 0 aliphatic carbocycles. The number of hydrogen-bond donors (Lipinski definition) is 1. The van der Waals surface area contributed by atoms with Crippen LogP contribution in [0.25, 0.3) is 5.76 Å². The van der Waals surface area contributed by atoms with Crippen molar-refractivity contribution in [3.63, 3.8) is 0 Å². The monoisotopic (exact) mass is 442 g/mol. The summed E-state index contributed by atoms with van der Waals surface area (Å²) in [4.78, 5) is 27.6. The number of rotatable bonds is 4. The Morgan fingerprint density at radius 2 is 1.79 bits per heavy atom. The highest BCUT2D eigenvalue weighted by molar-refractivity contribution is 6.51. The zero-order valence-electron chi connectivity index (χ0n) is 17.9. The highest BCUT2D eigenvalue weighted by Gasteiger charge is 2.47. The fourth-order valence-corrected chi connectivity index (χ4v) is 3.93. The molecule has 1 heterocycles. The Balaban J connectivity index is 1.98. The Bertz CT molecular complexity index is 1340. The number of carbonyl (C=O) groups is 2. The van der Waals surface area contributed by atoms with E-state index in [4.69, 9.17) is 10.00 Å². The average molecular weight is 442 g/mol. The molecule has 1 aliphatic heterocycles. The van der Waals surface area contributed by atoms with Gasteiger partial charge in [0, 0.05) is 16.8 Å². The van der Waals surface area contributed by atoms with Gasteiger partial charge in [0.2, 0.25) is 0 Å². The maximum atomic E-state index is 13.8. The number of anilines is 1. The summed E-state index contributed by atoms with van der Waals surface area (Å²) in [7, 11) is 1.47. The molecule has 6 nitrogen and oxygen atoms in total. The number of nitrogens with zero attached hydrogens (tertiary/aromatic N) is 2. The number of nitriles is 1. The molecule has 4 rings (SSSR count). The van der Waals surface area contributed by atoms with Crippen molar-refractivity contribution in [1.29, 1.82) is 5.26 Å². The molecule has 33 heavy (non-hydrogen) atoms. The Morgan fingerprint density at radius 1 is 1.09 bits per heavy atom. The van der Waals surface area contributed by atoms with Crippen LogP contribution in [-0.2, 0) is 9.59 Å². The highest BCUT2D eigenvalue weighted by Crippen LogP contribution is 2.44. The van der Waals surface area contributed by atoms with E-state index in [1.54, 1.807) is 43.3 Å². The van der Waals surface area contributed by atoms with Crippen molar-refractivity contribution in [2.75, 3.05) is 12.0 Å². The zero-order valence-corrected chi connectivity index (χ0v) is 17.9. The maximum absolute atomic E-state index is 13.8. The van der Waals surface area contributed by atoms with Crippen molar-refractivity contribution in [3.8, 4) is 11.8 Å². The smallest absolute Gasteiger partial charge is 0.300 e. The quantitative estimate of drug-likeness (QED) is 0.361. The summed E-state index contributed by atoms with van der Waals surface area (Å²) in [6.45, 7) is 1.54. The summed E-state index contributed by atoms with van der Waals surface area (Å²) in [6, 6.07) is 18.1. The maximum Gasteiger partial charge on any atom is 0.300 e. The van der Waals surface area contributed by atoms with Crippen LogP contribution in [0.5, 0.6) is 5.75 Å². The third-order valence-electron chi connectivity index (χ3n) is 5.58. The number of aliphatic hydroxyl groups excluding tert-OH is 1. The molecule has 0 radical (unpaired) electrons. The van der Waals surface area contributed by atoms with Crippen LogP contribution >= 0.6 is 0 Å². The van der Waals surface area contributed by atoms with Gasteiger partial charge in [0.1, 0.15) is 17.3 Å². The van der Waals surface area contributed by atoms with Crippen molar-refractivity contribution in [1.82, 2.24) is 0 Å². The predicted octanol–water partition coefficient (Wildman–Crippen LogP) is 4.64. The number of halogens is 1. The van der Waals surface area contributed by atoms with Crippen molar-refractivity contribution in [3.05, 3.63) is 100 Å². The van der Waals surface area contributed by atoms with Crippen molar-refractivity contribution in [2.24, 2.45) is 0 Å². The van der Waals surface area contributed by atoms with E-state index in [1.165, 1.54) is 42.3 Å². The van der Waals surface area contributed by atoms with E-state index in [9.17, 15) is 19.1 Å². The second-order valence-electron chi connectivity index (χ2n) is 7.53. The number of benzene rings is 3. The number of methoxy groups -OCH3 is 1. The topological polar surface area (TPSA) is 90.6 Å². The van der Waals surface area contributed by atoms with E-state index < -0.39 is 29.3 Å². The largest absolute Gasteiger partial charge is 0.507 e. The molecule has 0 bridgehead atoms. The van der Waals surface area contributed by atoms with Gasteiger partial charge in [-0.05, 0) is 61.0 Å². The number of ketones is 1. The van der Waals surface area contributed by atoms with Crippen LogP contribution < -0.4 is 9.64 Å². The van der Waals surface area contributed by atoms with Gasteiger partial charge in [-0.15, -0.1) is 0 Å². The van der Waals surface area contributed by atoms with E-state index in [2.05, 4.69) is 0 Å². The van der Waals surface area contributed by atoms with Crippen LogP contribution in [0.1, 0.15) is 28.3 Å². The number of aryl methyl sites for hydroxylation is 1. The molecule has 0 aromatic heterocycles. The fourth-order valence-electron chi connectivity index (χ4n) is 3.93. The first-order valence-corrected chi connectivity index (χ1v) is 10.1. The molecule has 164 valence electrons. The minimum Gasteiger partial charge on any atom is -0.507 e. The van der Waals surface area contributed by atoms with Crippen LogP contribution in [0, 0.1) is 24.1 Å². The lowest BCUT2D eigenvalue weighted by Crippen LogP contribution is -2.29. The second-order valence-corrected chi connectivity index (χ2v) is 7.53. The van der Waals surface area contributed by atoms with Crippen molar-refractivity contribution >= 4 is 23.1 Å². The predicted molar refractivity (Wildman–Crippen MR) is 120 cm³/mol. The first kappa shape index (κ1) is 21.8. The molecular formula is C26H19FN2O4. The highest BCUT2D eigenvalue weighted by atomic mass is 19.1. The molecule has 1 aliphatic rings. The van der Waals surface area contributed by atoms with Gasteiger partial charge >= 0.3 is 0 Å². The van der Waals surface area contributed by atoms with Crippen LogP contribution in [0.2, 0.25) is 0 Å². The van der Waals surface area contributed by atoms with Gasteiger partial charge in [0.25, 0.3) is 11.7 Å². The first-order chi connectivity index (χ1) is 15.9. The number of para-hydroxylation sites is 1. The van der Waals surface area contributed by atoms with E-state index >= 15 is 0 Å². The second kappa shape index (κ2) is 8.60. The van der Waals surface area contributed by atoms with Gasteiger partial charge in [0.05, 0.1) is 30.4 Å². The molecule has 1 unspecified atom stereocenters. The molecule has 1 N–H and O–H groups in total. The standard InChI is InChI=1S/C26H19FN2O4/c1-15-13-17(9-12-20(15)27)24(30)22-23(19-5-3-4-6-21(19)33-2)29(26(32)25(22)31)18-10-7-16(14-28)8-11-18/h3-13,23,30H,1-2H3/b24-22+. The third kappa shape index (κ3) is 3.72. The number of ether oxygens (including phenoxy) is 1. The van der Waals surface area contributed by atoms with Crippen molar-refractivity contribution < 1.29 is 23.8 Å². The Labute approximate surface area is 189 Å². The zero-order chi connectivity index (χ0) is 23.7. The van der Waals surface area contributed by atoms with E-state index in [-0.39, 0.29) is 16.7 Å². The Kier molecular flexibility index (Phi) is 5.67. The fraction of sp³-hybridized carbons (Fsp3) is 0.115. The number of amides is 1. The summed E-state index contributed by atoms with van der Waals surface area (Å²) < 4.78 is 19.3. The lowest BCUT2D eigenvalue weighted by atomic mass is 9.94. The minimum absolute atomic E-state index is 0.139. The summed E-state index contributed by atoms with van der Waals surface area (Å²) >= 11 is 0. The van der Waals surface area contributed by atoms with Gasteiger partial charge < -0.3 is 9.84 Å². The summed E-state index contributed by atoms with van der Waals surface area (Å²) in [5.74, 6) is -2.16. The van der Waals surface area contributed by atoms with Crippen LogP contribution in [0.4, 0.5) is 10.1 Å². The van der Waals surface area contributed by atoms with Gasteiger partial charge in [-0.1, -0.05) is 18.2 Å². The van der Waals surface area contributed by atoms with Crippen LogP contribution in [0.15, 0.2) is 72.3 Å². The van der Waals surface area contributed by atoms with E-state index in [0.29, 0.717) is 22.6 Å². The summed E-state index contributed by atoms with van der Waals surface area (Å²) in [6.07, 6.45) is 0. The number of Topliss-reactive ketones (excluding diaryl/α,β-unsaturated/α-hetero) is 1. The lowest BCUT2D eigenvalue weighted by Gasteiger charge is -2.26. The summed E-state index contributed by atoms with van der Waals surface area (Å²) in [5, 5.41) is 20.2. The summed E-state index contributed by atoms with van der Waals surface area (Å²) in [5.41, 5.74) is 1.62. The molecule has 1 fully saturated rings. The lowest BCUT2D eigenvalue weighted by molar-refractivity contribution is -0.132. The molecular weight excluding hydrogens is 423 g/mol. The van der Waals surface area contributed by atoms with Gasteiger partial charge in [-0.25, -0.2) is 4.39 Å². The van der Waals surface area contributed by atoms with Gasteiger partial charge in [-0.3, -0.25) is 14.5 Å². The third-order valence-corrected chi connectivity index (χ3v) is 5.58. The number of hydrogen-bond acceptors (Lipinski definition) is 5. The van der Waals surface area contributed by atoms with Crippen LogP contribution in [0.3, 0.4) is 0 Å². The molecule has 7 heteroatoms. The molecule has 3 aromatic rings. The average Bonchev–Trinajstić information content (AvgIpc) is 3.10. The first-order valence-electron chi connectivity index (χ1n) is 10.1. The Hall–Kier alpha value is -4.44. The van der Waals surface area contributed by atoms with Crippen LogP contribution in [-0.4, -0.2) is 23.9 Å². The molecule has 1 saturated heterocycles. The van der Waals surface area contributed by atoms with Gasteiger partial charge in [-0.2, -0.15) is 5.26 Å². The molecule has 3 aromatic carbocycles. The SMILES string of the molecule is COc1ccccc1C1/C(=C(\O)c2ccc(F)c(C)c2)C(=O)C(=O)N1c1ccc(C#N)cc1. The molecule has 1 amide bonds. The normalized spacial score (nSPS) is 17.2. The Morgan fingerprint density at radius 3 is 2.42 bits per heavy atom. The molecule has 0 saturated carbocycles. The minimum atomic E-state index is -1.00. The van der Waals surface area contributed by atoms with E-state index in [0.717, 1.165) is 0 Å². The van der Waals surface area contributed by atoms with E-state index in [1.807, 2.05) is 6.07 Å². The number of aliphatic hydroxyl groups is 1. The van der Waals surface area contributed by atoms with Gasteiger partial charge in [0.15, 0.2) is 0 Å². The molecule has 0 spiro atoms.